The van der Waals surface area contributed by atoms with E-state index in [0.717, 1.165) is 5.69 Å². The number of carbonyl (C=O) groups excluding carboxylic acids is 2. The van der Waals surface area contributed by atoms with Crippen LogP contribution in [0.4, 0.5) is 11.4 Å². The molecule has 0 aromatic heterocycles. The third kappa shape index (κ3) is 2.37. The van der Waals surface area contributed by atoms with Crippen molar-refractivity contribution >= 4 is 34.8 Å². The monoisotopic (exact) mass is 342 g/mol. The minimum absolute atomic E-state index is 0.313. The predicted molar refractivity (Wildman–Crippen MR) is 92.1 cm³/mol. The number of hydrogen-bond donors (Lipinski definition) is 0. The molecule has 1 saturated heterocycles. The smallest absolute Gasteiger partial charge is 0.266 e. The van der Waals surface area contributed by atoms with Gasteiger partial charge >= 0.3 is 0 Å². The number of ether oxygens (including phenoxy) is 1. The van der Waals surface area contributed by atoms with Gasteiger partial charge in [-0.3, -0.25) is 9.59 Å². The lowest BCUT2D eigenvalue weighted by Gasteiger charge is -2.32. The number of benzene rings is 2. The van der Waals surface area contributed by atoms with Crippen LogP contribution in [0.15, 0.2) is 42.5 Å². The molecule has 2 aromatic rings. The molecular weight excluding hydrogens is 328 g/mol. The zero-order chi connectivity index (χ0) is 16.7. The van der Waals surface area contributed by atoms with Crippen LogP contribution in [0.5, 0.6) is 0 Å². The molecule has 2 heterocycles. The van der Waals surface area contributed by atoms with E-state index in [1.807, 2.05) is 6.07 Å². The Hall–Kier alpha value is -2.37. The fourth-order valence-electron chi connectivity index (χ4n) is 3.16. The standard InChI is InChI=1S/C18H15ClN2O3/c19-12-5-6-15(20-7-9-24-10-8-20)16(11-12)21-17(22)13-3-1-2-4-14(13)18(21)23/h1-6,11H,7-10H2. The fraction of sp³-hybridized carbons (Fsp3) is 0.222. The van der Waals surface area contributed by atoms with Gasteiger partial charge in [0, 0.05) is 18.1 Å². The van der Waals surface area contributed by atoms with Crippen molar-refractivity contribution in [3.8, 4) is 0 Å². The van der Waals surface area contributed by atoms with Crippen LogP contribution in [0.3, 0.4) is 0 Å². The predicted octanol–water partition coefficient (Wildman–Crippen LogP) is 2.98. The number of nitrogens with zero attached hydrogens (tertiary/aromatic N) is 2. The molecule has 5 nitrogen and oxygen atoms in total. The molecule has 2 aromatic carbocycles. The van der Waals surface area contributed by atoms with Gasteiger partial charge in [0.1, 0.15) is 0 Å². The normalized spacial score (nSPS) is 17.4. The Bertz CT molecular complexity index is 796. The largest absolute Gasteiger partial charge is 0.378 e. The summed E-state index contributed by atoms with van der Waals surface area (Å²) in [5, 5.41) is 0.485. The van der Waals surface area contributed by atoms with Crippen molar-refractivity contribution in [3.05, 3.63) is 58.6 Å². The average Bonchev–Trinajstić information content (AvgIpc) is 2.87. The second kappa shape index (κ2) is 5.92. The van der Waals surface area contributed by atoms with Gasteiger partial charge in [-0.25, -0.2) is 4.90 Å². The van der Waals surface area contributed by atoms with Gasteiger partial charge in [0.15, 0.2) is 0 Å². The minimum atomic E-state index is -0.313. The number of anilines is 2. The van der Waals surface area contributed by atoms with Crippen molar-refractivity contribution in [3.63, 3.8) is 0 Å². The van der Waals surface area contributed by atoms with Gasteiger partial charge in [-0.15, -0.1) is 0 Å². The van der Waals surface area contributed by atoms with E-state index in [1.54, 1.807) is 36.4 Å². The van der Waals surface area contributed by atoms with Crippen LogP contribution in [0, 0.1) is 0 Å². The van der Waals surface area contributed by atoms with Crippen LogP contribution >= 0.6 is 11.6 Å². The van der Waals surface area contributed by atoms with Crippen molar-refractivity contribution in [2.75, 3.05) is 36.1 Å². The summed E-state index contributed by atoms with van der Waals surface area (Å²) in [6, 6.07) is 12.2. The van der Waals surface area contributed by atoms with Gasteiger partial charge < -0.3 is 9.64 Å². The van der Waals surface area contributed by atoms with E-state index >= 15 is 0 Å². The third-order valence-corrected chi connectivity index (χ3v) is 4.56. The summed E-state index contributed by atoms with van der Waals surface area (Å²) in [4.78, 5) is 28.9. The summed E-state index contributed by atoms with van der Waals surface area (Å²) in [5.74, 6) is -0.625. The molecule has 24 heavy (non-hydrogen) atoms. The van der Waals surface area contributed by atoms with E-state index in [9.17, 15) is 9.59 Å². The van der Waals surface area contributed by atoms with Gasteiger partial charge in [0.25, 0.3) is 11.8 Å². The molecule has 0 atom stereocenters. The van der Waals surface area contributed by atoms with Gasteiger partial charge in [-0.2, -0.15) is 0 Å². The maximum Gasteiger partial charge on any atom is 0.266 e. The second-order valence-corrected chi connectivity index (χ2v) is 6.16. The molecule has 0 spiro atoms. The molecule has 122 valence electrons. The molecule has 0 aliphatic carbocycles. The molecule has 0 bridgehead atoms. The minimum Gasteiger partial charge on any atom is -0.378 e. The van der Waals surface area contributed by atoms with E-state index in [1.165, 1.54) is 4.90 Å². The van der Waals surface area contributed by atoms with Crippen molar-refractivity contribution in [1.82, 2.24) is 0 Å². The van der Waals surface area contributed by atoms with Crippen LogP contribution in [-0.2, 0) is 4.74 Å². The number of carbonyl (C=O) groups is 2. The van der Waals surface area contributed by atoms with Crippen LogP contribution in [0.1, 0.15) is 20.7 Å². The fourth-order valence-corrected chi connectivity index (χ4v) is 3.32. The Balaban J connectivity index is 1.81. The number of amides is 2. The van der Waals surface area contributed by atoms with E-state index < -0.39 is 0 Å². The number of hydrogen-bond acceptors (Lipinski definition) is 4. The summed E-state index contributed by atoms with van der Waals surface area (Å²) in [5.41, 5.74) is 2.19. The first kappa shape index (κ1) is 15.2. The summed E-state index contributed by atoms with van der Waals surface area (Å²) in [6.07, 6.45) is 0. The Labute approximate surface area is 144 Å². The van der Waals surface area contributed by atoms with Gasteiger partial charge in [0.05, 0.1) is 35.7 Å². The Morgan fingerprint density at radius 1 is 0.875 bits per heavy atom. The van der Waals surface area contributed by atoms with Crippen LogP contribution in [0.2, 0.25) is 5.02 Å². The molecule has 2 aliphatic heterocycles. The lowest BCUT2D eigenvalue weighted by atomic mass is 10.1. The van der Waals surface area contributed by atoms with E-state index in [2.05, 4.69) is 4.90 Å². The zero-order valence-electron chi connectivity index (χ0n) is 12.9. The molecule has 4 rings (SSSR count). The van der Waals surface area contributed by atoms with E-state index in [-0.39, 0.29) is 11.8 Å². The Kier molecular flexibility index (Phi) is 3.75. The van der Waals surface area contributed by atoms with Crippen molar-refractivity contribution in [2.45, 2.75) is 0 Å². The number of morpholine rings is 1. The first-order valence-electron chi connectivity index (χ1n) is 7.77. The summed E-state index contributed by atoms with van der Waals surface area (Å²) in [7, 11) is 0. The van der Waals surface area contributed by atoms with Gasteiger partial charge in [0.2, 0.25) is 0 Å². The highest BCUT2D eigenvalue weighted by Crippen LogP contribution is 2.37. The lowest BCUT2D eigenvalue weighted by Crippen LogP contribution is -2.38. The van der Waals surface area contributed by atoms with Crippen LogP contribution in [0.25, 0.3) is 0 Å². The first-order valence-corrected chi connectivity index (χ1v) is 8.14. The summed E-state index contributed by atoms with van der Waals surface area (Å²) >= 11 is 6.15. The zero-order valence-corrected chi connectivity index (χ0v) is 13.6. The number of rotatable bonds is 2. The SMILES string of the molecule is O=C1c2ccccc2C(=O)N1c1cc(Cl)ccc1N1CCOCC1. The molecule has 0 saturated carbocycles. The Morgan fingerprint density at radius 3 is 2.12 bits per heavy atom. The number of halogens is 1. The third-order valence-electron chi connectivity index (χ3n) is 4.32. The van der Waals surface area contributed by atoms with E-state index in [0.29, 0.717) is 48.1 Å². The lowest BCUT2D eigenvalue weighted by molar-refractivity contribution is 0.0926. The number of imide groups is 1. The van der Waals surface area contributed by atoms with E-state index in [4.69, 9.17) is 16.3 Å². The molecule has 2 amide bonds. The quantitative estimate of drug-likeness (QED) is 0.787. The maximum atomic E-state index is 12.8. The molecule has 0 unspecified atom stereocenters. The van der Waals surface area contributed by atoms with Crippen molar-refractivity contribution in [2.24, 2.45) is 0 Å². The molecule has 0 N–H and O–H groups in total. The van der Waals surface area contributed by atoms with Gasteiger partial charge in [-0.05, 0) is 30.3 Å². The maximum absolute atomic E-state index is 12.8. The highest BCUT2D eigenvalue weighted by molar-refractivity contribution is 6.36. The summed E-state index contributed by atoms with van der Waals surface area (Å²) < 4.78 is 5.39. The Morgan fingerprint density at radius 2 is 1.50 bits per heavy atom. The average molecular weight is 343 g/mol. The van der Waals surface area contributed by atoms with Crippen LogP contribution in [-0.4, -0.2) is 38.1 Å². The first-order chi connectivity index (χ1) is 11.7. The molecular formula is C18H15ClN2O3. The molecule has 6 heteroatoms. The molecule has 0 radical (unpaired) electrons. The van der Waals surface area contributed by atoms with Gasteiger partial charge in [-0.1, -0.05) is 23.7 Å². The van der Waals surface area contributed by atoms with Crippen LogP contribution < -0.4 is 9.80 Å². The van der Waals surface area contributed by atoms with Crippen molar-refractivity contribution < 1.29 is 14.3 Å². The highest BCUT2D eigenvalue weighted by Gasteiger charge is 2.38. The number of fused-ring (bicyclic) bond motifs is 1. The highest BCUT2D eigenvalue weighted by atomic mass is 35.5. The second-order valence-electron chi connectivity index (χ2n) is 5.72. The molecule has 1 fully saturated rings. The molecule has 2 aliphatic rings. The van der Waals surface area contributed by atoms with Crippen molar-refractivity contribution in [1.29, 1.82) is 0 Å². The summed E-state index contributed by atoms with van der Waals surface area (Å²) in [6.45, 7) is 2.64. The topological polar surface area (TPSA) is 49.9 Å².